The van der Waals surface area contributed by atoms with Gasteiger partial charge in [-0.15, -0.1) is 10.2 Å². The Bertz CT molecular complexity index is 854. The van der Waals surface area contributed by atoms with Gasteiger partial charge in [-0.3, -0.25) is 9.48 Å². The quantitative estimate of drug-likeness (QED) is 0.724. The van der Waals surface area contributed by atoms with Gasteiger partial charge < -0.3 is 9.73 Å². The van der Waals surface area contributed by atoms with Crippen molar-refractivity contribution in [2.24, 2.45) is 7.05 Å². The molecule has 124 valence electrons. The van der Waals surface area contributed by atoms with Crippen LogP contribution in [0.3, 0.4) is 0 Å². The number of benzene rings is 1. The van der Waals surface area contributed by atoms with Gasteiger partial charge in [-0.1, -0.05) is 15.9 Å². The van der Waals surface area contributed by atoms with Gasteiger partial charge >= 0.3 is 0 Å². The molecule has 1 aromatic carbocycles. The normalized spacial score (nSPS) is 10.8. The lowest BCUT2D eigenvalue weighted by Gasteiger charge is -2.03. The van der Waals surface area contributed by atoms with Gasteiger partial charge in [-0.2, -0.15) is 5.10 Å². The number of hydrogen-bond acceptors (Lipinski definition) is 5. The predicted octanol–water partition coefficient (Wildman–Crippen LogP) is 3.11. The Kier molecular flexibility index (Phi) is 4.75. The van der Waals surface area contributed by atoms with Crippen LogP contribution >= 0.6 is 15.9 Å². The van der Waals surface area contributed by atoms with Gasteiger partial charge in [0, 0.05) is 30.0 Å². The van der Waals surface area contributed by atoms with Crippen LogP contribution in [0, 0.1) is 6.92 Å². The topological polar surface area (TPSA) is 85.8 Å². The second kappa shape index (κ2) is 6.96. The zero-order valence-electron chi connectivity index (χ0n) is 13.3. The first-order chi connectivity index (χ1) is 11.5. The summed E-state index contributed by atoms with van der Waals surface area (Å²) in [7, 11) is 1.82. The number of anilines is 1. The van der Waals surface area contributed by atoms with Crippen molar-refractivity contribution in [2.45, 2.75) is 19.8 Å². The monoisotopic (exact) mass is 389 g/mol. The van der Waals surface area contributed by atoms with Crippen LogP contribution in [0.25, 0.3) is 11.6 Å². The fraction of sp³-hybridized carbons (Fsp3) is 0.250. The minimum Gasteiger partial charge on any atom is -0.419 e. The highest BCUT2D eigenvalue weighted by Crippen LogP contribution is 2.19. The Balaban J connectivity index is 1.58. The summed E-state index contributed by atoms with van der Waals surface area (Å²) < 4.78 is 8.26. The number of carbonyl (C=O) groups is 1. The SMILES string of the molecule is Cc1cc(-c2nnc(CCC(=O)Nc3ccc(Br)cc3)o2)n(C)n1. The van der Waals surface area contributed by atoms with Gasteiger partial charge in [-0.05, 0) is 37.3 Å². The van der Waals surface area contributed by atoms with Crippen LogP contribution in [0.4, 0.5) is 5.69 Å². The van der Waals surface area contributed by atoms with E-state index in [1.54, 1.807) is 4.68 Å². The van der Waals surface area contributed by atoms with E-state index in [1.807, 2.05) is 44.3 Å². The summed E-state index contributed by atoms with van der Waals surface area (Å²) >= 11 is 3.35. The molecule has 2 heterocycles. The highest BCUT2D eigenvalue weighted by molar-refractivity contribution is 9.10. The van der Waals surface area contributed by atoms with Gasteiger partial charge in [0.05, 0.1) is 5.69 Å². The van der Waals surface area contributed by atoms with Crippen molar-refractivity contribution in [3.8, 4) is 11.6 Å². The molecule has 0 atom stereocenters. The van der Waals surface area contributed by atoms with Crippen LogP contribution in [0.1, 0.15) is 18.0 Å². The molecular weight excluding hydrogens is 374 g/mol. The molecule has 0 fully saturated rings. The maximum absolute atomic E-state index is 12.0. The van der Waals surface area contributed by atoms with Gasteiger partial charge in [0.25, 0.3) is 5.89 Å². The van der Waals surface area contributed by atoms with E-state index in [9.17, 15) is 4.79 Å². The maximum atomic E-state index is 12.0. The first kappa shape index (κ1) is 16.4. The van der Waals surface area contributed by atoms with E-state index in [2.05, 4.69) is 36.5 Å². The number of carbonyl (C=O) groups excluding carboxylic acids is 1. The van der Waals surface area contributed by atoms with Gasteiger partial charge in [0.1, 0.15) is 5.69 Å². The van der Waals surface area contributed by atoms with Crippen molar-refractivity contribution in [2.75, 3.05) is 5.32 Å². The van der Waals surface area contributed by atoms with Crippen LogP contribution < -0.4 is 5.32 Å². The molecule has 0 saturated heterocycles. The Morgan fingerprint density at radius 1 is 1.29 bits per heavy atom. The second-order valence-electron chi connectivity index (χ2n) is 5.35. The lowest BCUT2D eigenvalue weighted by molar-refractivity contribution is -0.116. The molecule has 24 heavy (non-hydrogen) atoms. The van der Waals surface area contributed by atoms with Gasteiger partial charge in [-0.25, -0.2) is 0 Å². The van der Waals surface area contributed by atoms with Crippen LogP contribution in [0.5, 0.6) is 0 Å². The van der Waals surface area contributed by atoms with Crippen LogP contribution in [-0.4, -0.2) is 25.9 Å². The fourth-order valence-electron chi connectivity index (χ4n) is 2.25. The number of halogens is 1. The van der Waals surface area contributed by atoms with Crippen LogP contribution in [-0.2, 0) is 18.3 Å². The standard InChI is InChI=1S/C16H16BrN5O2/c1-10-9-13(22(2)21-10)16-20-19-15(24-16)8-7-14(23)18-12-5-3-11(17)4-6-12/h3-6,9H,7-8H2,1-2H3,(H,18,23). The number of nitrogens with zero attached hydrogens (tertiary/aromatic N) is 4. The summed E-state index contributed by atoms with van der Waals surface area (Å²) in [6.45, 7) is 1.90. The largest absolute Gasteiger partial charge is 0.419 e. The Morgan fingerprint density at radius 3 is 2.71 bits per heavy atom. The van der Waals surface area contributed by atoms with E-state index in [0.29, 0.717) is 18.2 Å². The van der Waals surface area contributed by atoms with Crippen molar-refractivity contribution in [3.63, 3.8) is 0 Å². The van der Waals surface area contributed by atoms with E-state index in [-0.39, 0.29) is 12.3 Å². The zero-order valence-corrected chi connectivity index (χ0v) is 14.9. The highest BCUT2D eigenvalue weighted by Gasteiger charge is 2.14. The summed E-state index contributed by atoms with van der Waals surface area (Å²) in [6.07, 6.45) is 0.647. The lowest BCUT2D eigenvalue weighted by atomic mass is 10.2. The molecule has 0 bridgehead atoms. The molecular formula is C16H16BrN5O2. The Labute approximate surface area is 147 Å². The van der Waals surface area contributed by atoms with Crippen molar-refractivity contribution >= 4 is 27.5 Å². The van der Waals surface area contributed by atoms with Crippen molar-refractivity contribution in [1.82, 2.24) is 20.0 Å². The summed E-state index contributed by atoms with van der Waals surface area (Å²) in [6, 6.07) is 9.28. The minimum atomic E-state index is -0.103. The second-order valence-corrected chi connectivity index (χ2v) is 6.27. The number of rotatable bonds is 5. The maximum Gasteiger partial charge on any atom is 0.265 e. The number of nitrogens with one attached hydrogen (secondary N) is 1. The van der Waals surface area contributed by atoms with E-state index in [1.165, 1.54) is 0 Å². The number of amides is 1. The molecule has 1 amide bonds. The molecule has 0 saturated carbocycles. The summed E-state index contributed by atoms with van der Waals surface area (Å²) in [4.78, 5) is 12.0. The molecule has 0 unspecified atom stereocenters. The molecule has 0 radical (unpaired) electrons. The molecule has 1 N–H and O–H groups in total. The van der Waals surface area contributed by atoms with E-state index < -0.39 is 0 Å². The van der Waals surface area contributed by atoms with Crippen molar-refractivity contribution in [3.05, 3.63) is 46.4 Å². The van der Waals surface area contributed by atoms with Crippen molar-refractivity contribution < 1.29 is 9.21 Å². The van der Waals surface area contributed by atoms with Crippen LogP contribution in [0.15, 0.2) is 39.2 Å². The number of aromatic nitrogens is 4. The highest BCUT2D eigenvalue weighted by atomic mass is 79.9. The first-order valence-electron chi connectivity index (χ1n) is 7.40. The molecule has 2 aromatic heterocycles. The zero-order chi connectivity index (χ0) is 17.1. The summed E-state index contributed by atoms with van der Waals surface area (Å²) in [5, 5.41) is 15.1. The van der Waals surface area contributed by atoms with Gasteiger partial charge in [0.15, 0.2) is 0 Å². The summed E-state index contributed by atoms with van der Waals surface area (Å²) in [5.74, 6) is 0.727. The molecule has 0 spiro atoms. The minimum absolute atomic E-state index is 0.103. The predicted molar refractivity (Wildman–Crippen MR) is 92.3 cm³/mol. The van der Waals surface area contributed by atoms with E-state index in [0.717, 1.165) is 21.5 Å². The lowest BCUT2D eigenvalue weighted by Crippen LogP contribution is -2.12. The van der Waals surface area contributed by atoms with E-state index >= 15 is 0 Å². The molecule has 0 aliphatic rings. The number of aryl methyl sites for hydroxylation is 3. The van der Waals surface area contributed by atoms with Crippen molar-refractivity contribution in [1.29, 1.82) is 0 Å². The average molecular weight is 390 g/mol. The van der Waals surface area contributed by atoms with Crippen LogP contribution in [0.2, 0.25) is 0 Å². The first-order valence-corrected chi connectivity index (χ1v) is 8.19. The molecule has 3 aromatic rings. The van der Waals surface area contributed by atoms with Gasteiger partial charge in [0.2, 0.25) is 11.8 Å². The fourth-order valence-corrected chi connectivity index (χ4v) is 2.51. The smallest absolute Gasteiger partial charge is 0.265 e. The Hall–Kier alpha value is -2.48. The molecule has 8 heteroatoms. The van der Waals surface area contributed by atoms with E-state index in [4.69, 9.17) is 4.42 Å². The third-order valence-electron chi connectivity index (χ3n) is 3.38. The summed E-state index contributed by atoms with van der Waals surface area (Å²) in [5.41, 5.74) is 2.38. The molecule has 0 aliphatic heterocycles. The average Bonchev–Trinajstić information content (AvgIpc) is 3.13. The molecule has 7 nitrogen and oxygen atoms in total. The molecule has 0 aliphatic carbocycles. The third-order valence-corrected chi connectivity index (χ3v) is 3.91. The third kappa shape index (κ3) is 3.88. The number of hydrogen-bond donors (Lipinski definition) is 1. The molecule has 3 rings (SSSR count). The Morgan fingerprint density at radius 2 is 2.04 bits per heavy atom.